The summed E-state index contributed by atoms with van der Waals surface area (Å²) in [4.78, 5) is 29.0. The van der Waals surface area contributed by atoms with Gasteiger partial charge in [0.15, 0.2) is 0 Å². The Kier molecular flexibility index (Phi) is 4.89. The average molecular weight is 351 g/mol. The van der Waals surface area contributed by atoms with Gasteiger partial charge in [-0.1, -0.05) is 30.3 Å². The van der Waals surface area contributed by atoms with Crippen molar-refractivity contribution in [3.05, 3.63) is 70.1 Å². The van der Waals surface area contributed by atoms with Gasteiger partial charge < -0.3 is 9.88 Å². The molecule has 0 bridgehead atoms. The molecule has 3 heterocycles. The van der Waals surface area contributed by atoms with Crippen LogP contribution in [0.15, 0.2) is 53.5 Å². The molecule has 26 heavy (non-hydrogen) atoms. The average Bonchev–Trinajstić information content (AvgIpc) is 3.18. The molecule has 5 heteroatoms. The van der Waals surface area contributed by atoms with Gasteiger partial charge in [0.1, 0.15) is 0 Å². The molecule has 136 valence electrons. The van der Waals surface area contributed by atoms with Crippen LogP contribution >= 0.6 is 0 Å². The van der Waals surface area contributed by atoms with E-state index in [4.69, 9.17) is 0 Å². The molecular formula is C21H25N3O2. The van der Waals surface area contributed by atoms with Crippen LogP contribution in [0.5, 0.6) is 0 Å². The summed E-state index contributed by atoms with van der Waals surface area (Å²) in [5.74, 6) is 0.600. The zero-order valence-corrected chi connectivity index (χ0v) is 14.9. The highest BCUT2D eigenvalue weighted by atomic mass is 16.2. The zero-order valence-electron chi connectivity index (χ0n) is 14.9. The fourth-order valence-corrected chi connectivity index (χ4v) is 4.25. The van der Waals surface area contributed by atoms with Gasteiger partial charge in [-0.2, -0.15) is 0 Å². The number of nitrogens with zero attached hydrogens (tertiary/aromatic N) is 1. The van der Waals surface area contributed by atoms with Gasteiger partial charge in [0.2, 0.25) is 11.5 Å². The fraction of sp³-hybridized carbons (Fsp3) is 0.429. The van der Waals surface area contributed by atoms with E-state index in [0.717, 1.165) is 44.3 Å². The van der Waals surface area contributed by atoms with Gasteiger partial charge in [-0.15, -0.1) is 0 Å². The molecule has 0 spiro atoms. The van der Waals surface area contributed by atoms with Gasteiger partial charge in [-0.05, 0) is 48.8 Å². The third-order valence-electron chi connectivity index (χ3n) is 5.72. The van der Waals surface area contributed by atoms with E-state index in [-0.39, 0.29) is 23.6 Å². The quantitative estimate of drug-likeness (QED) is 0.893. The van der Waals surface area contributed by atoms with E-state index >= 15 is 0 Å². The highest BCUT2D eigenvalue weighted by molar-refractivity contribution is 5.82. The summed E-state index contributed by atoms with van der Waals surface area (Å²) in [7, 11) is 0. The highest BCUT2D eigenvalue weighted by Gasteiger charge is 2.34. The van der Waals surface area contributed by atoms with Crippen LogP contribution in [-0.4, -0.2) is 34.9 Å². The number of rotatable bonds is 3. The van der Waals surface area contributed by atoms with E-state index in [1.165, 1.54) is 5.56 Å². The minimum atomic E-state index is -0.0728. The highest BCUT2D eigenvalue weighted by Crippen LogP contribution is 2.30. The number of likely N-dealkylation sites (tertiary alicyclic amines) is 1. The lowest BCUT2D eigenvalue weighted by molar-refractivity contribution is -0.134. The maximum atomic E-state index is 12.9. The molecule has 2 N–H and O–H groups in total. The molecule has 5 nitrogen and oxygen atoms in total. The fourth-order valence-electron chi connectivity index (χ4n) is 4.25. The Morgan fingerprint density at radius 2 is 1.73 bits per heavy atom. The molecule has 2 aromatic rings. The Balaban J connectivity index is 1.33. The smallest absolute Gasteiger partial charge is 0.248 e. The number of piperidine rings is 1. The first-order valence-electron chi connectivity index (χ1n) is 9.49. The molecule has 4 rings (SSSR count). The second-order valence-electron chi connectivity index (χ2n) is 7.35. The van der Waals surface area contributed by atoms with Crippen molar-refractivity contribution in [2.45, 2.75) is 43.7 Å². The van der Waals surface area contributed by atoms with Crippen molar-refractivity contribution in [2.24, 2.45) is 0 Å². The summed E-state index contributed by atoms with van der Waals surface area (Å²) in [6.07, 6.45) is 5.45. The van der Waals surface area contributed by atoms with Gasteiger partial charge in [-0.25, -0.2) is 0 Å². The van der Waals surface area contributed by atoms with Gasteiger partial charge >= 0.3 is 0 Å². The molecule has 2 fully saturated rings. The molecule has 0 aliphatic carbocycles. The monoisotopic (exact) mass is 351 g/mol. The first-order valence-corrected chi connectivity index (χ1v) is 9.49. The third kappa shape index (κ3) is 3.58. The number of benzene rings is 1. The number of aromatic nitrogens is 1. The first-order chi connectivity index (χ1) is 12.7. The number of amides is 1. The van der Waals surface area contributed by atoms with Crippen LogP contribution in [0.3, 0.4) is 0 Å². The summed E-state index contributed by atoms with van der Waals surface area (Å²) in [6.45, 7) is 1.54. The predicted octanol–water partition coefficient (Wildman–Crippen LogP) is 2.57. The number of H-pyrrole nitrogens is 1. The lowest BCUT2D eigenvalue weighted by Crippen LogP contribution is -2.47. The van der Waals surface area contributed by atoms with Crippen LogP contribution in [0.1, 0.15) is 48.8 Å². The van der Waals surface area contributed by atoms with E-state index in [0.29, 0.717) is 5.92 Å². The Labute approximate surface area is 153 Å². The van der Waals surface area contributed by atoms with E-state index in [1.807, 2.05) is 29.2 Å². The predicted molar refractivity (Wildman–Crippen MR) is 101 cm³/mol. The van der Waals surface area contributed by atoms with Crippen molar-refractivity contribution in [2.75, 3.05) is 13.1 Å². The summed E-state index contributed by atoms with van der Waals surface area (Å²) < 4.78 is 0. The second kappa shape index (κ2) is 7.46. The Hall–Kier alpha value is -2.40. The summed E-state index contributed by atoms with van der Waals surface area (Å²) in [6, 6.07) is 14.2. The van der Waals surface area contributed by atoms with Crippen molar-refractivity contribution < 1.29 is 4.79 Å². The molecular weight excluding hydrogens is 326 g/mol. The Morgan fingerprint density at radius 1 is 0.962 bits per heavy atom. The Bertz CT molecular complexity index is 809. The van der Waals surface area contributed by atoms with Crippen LogP contribution in [0.2, 0.25) is 0 Å². The molecule has 1 aromatic carbocycles. The lowest BCUT2D eigenvalue weighted by Gasteiger charge is -2.34. The van der Waals surface area contributed by atoms with Crippen LogP contribution in [0, 0.1) is 0 Å². The van der Waals surface area contributed by atoms with Crippen LogP contribution in [0.25, 0.3) is 0 Å². The molecule has 1 amide bonds. The van der Waals surface area contributed by atoms with Crippen molar-refractivity contribution >= 4 is 5.91 Å². The topological polar surface area (TPSA) is 65.2 Å². The van der Waals surface area contributed by atoms with Crippen LogP contribution in [-0.2, 0) is 4.79 Å². The number of hydrogen-bond donors (Lipinski definition) is 2. The molecule has 0 saturated carbocycles. The molecule has 0 radical (unpaired) electrons. The number of hydrogen-bond acceptors (Lipinski definition) is 3. The molecule has 2 saturated heterocycles. The van der Waals surface area contributed by atoms with Gasteiger partial charge in [-0.3, -0.25) is 14.9 Å². The Morgan fingerprint density at radius 3 is 2.46 bits per heavy atom. The maximum absolute atomic E-state index is 12.9. The maximum Gasteiger partial charge on any atom is 0.248 e. The first kappa shape index (κ1) is 17.0. The summed E-state index contributed by atoms with van der Waals surface area (Å²) >= 11 is 0. The molecule has 2 aliphatic heterocycles. The molecule has 0 unspecified atom stereocenters. The number of pyridine rings is 1. The van der Waals surface area contributed by atoms with Crippen LogP contribution < -0.4 is 10.9 Å². The minimum absolute atomic E-state index is 0.0527. The van der Waals surface area contributed by atoms with Crippen molar-refractivity contribution in [1.82, 2.24) is 15.2 Å². The molecule has 2 aliphatic rings. The molecule has 2 atom stereocenters. The van der Waals surface area contributed by atoms with Crippen molar-refractivity contribution in [3.8, 4) is 0 Å². The largest absolute Gasteiger partial charge is 0.341 e. The van der Waals surface area contributed by atoms with Gasteiger partial charge in [0.05, 0.1) is 6.04 Å². The van der Waals surface area contributed by atoms with E-state index in [1.54, 1.807) is 12.3 Å². The number of carbonyl (C=O) groups excluding carboxylic acids is 1. The normalized spacial score (nSPS) is 23.9. The number of nitrogens with one attached hydrogen (secondary N) is 2. The van der Waals surface area contributed by atoms with Gasteiger partial charge in [0, 0.05) is 31.4 Å². The number of carbonyl (C=O) groups is 1. The van der Waals surface area contributed by atoms with Crippen molar-refractivity contribution in [1.29, 1.82) is 0 Å². The second-order valence-corrected chi connectivity index (χ2v) is 7.35. The van der Waals surface area contributed by atoms with E-state index < -0.39 is 0 Å². The third-order valence-corrected chi connectivity index (χ3v) is 5.72. The van der Waals surface area contributed by atoms with Gasteiger partial charge in [0.25, 0.3) is 0 Å². The number of aromatic amines is 1. The minimum Gasteiger partial charge on any atom is -0.341 e. The van der Waals surface area contributed by atoms with Crippen LogP contribution in [0.4, 0.5) is 0 Å². The molecule has 1 aromatic heterocycles. The zero-order chi connectivity index (χ0) is 17.9. The summed E-state index contributed by atoms with van der Waals surface area (Å²) in [5.41, 5.74) is 2.29. The van der Waals surface area contributed by atoms with E-state index in [9.17, 15) is 9.59 Å². The SMILES string of the molecule is O=C([C@H]1CC[C@H](c2ccccc2)N1)N1CCC(c2cc[nH]c(=O)c2)CC1. The lowest BCUT2D eigenvalue weighted by atomic mass is 9.90. The van der Waals surface area contributed by atoms with E-state index in [2.05, 4.69) is 22.4 Å². The van der Waals surface area contributed by atoms with Crippen molar-refractivity contribution in [3.63, 3.8) is 0 Å². The summed E-state index contributed by atoms with van der Waals surface area (Å²) in [5, 5.41) is 3.52. The standard InChI is InChI=1S/C21H25N3O2/c25-20-14-17(8-11-22-20)15-9-12-24(13-10-15)21(26)19-7-6-18(23-19)16-4-2-1-3-5-16/h1-5,8,11,14-15,18-19,23H,6-7,9-10,12-13H2,(H,22,25)/t18-,19-/m1/s1.